The molecule has 0 fully saturated rings. The highest BCUT2D eigenvalue weighted by Gasteiger charge is 2.19. The fourth-order valence-electron chi connectivity index (χ4n) is 2.19. The van der Waals surface area contributed by atoms with Crippen molar-refractivity contribution < 1.29 is 5.11 Å². The Morgan fingerprint density at radius 1 is 1.32 bits per heavy atom. The maximum atomic E-state index is 9.43. The lowest BCUT2D eigenvalue weighted by Gasteiger charge is -2.29. The van der Waals surface area contributed by atoms with Crippen molar-refractivity contribution in [3.05, 3.63) is 35.0 Å². The monoisotopic (exact) mass is 260 g/mol. The molecule has 0 aromatic carbocycles. The Morgan fingerprint density at radius 2 is 2.05 bits per heavy atom. The van der Waals surface area contributed by atoms with Crippen molar-refractivity contribution in [2.75, 3.05) is 18.0 Å². The molecule has 104 valence electrons. The molecule has 1 aromatic heterocycles. The van der Waals surface area contributed by atoms with Gasteiger partial charge in [0.05, 0.1) is 6.61 Å². The highest BCUT2D eigenvalue weighted by atomic mass is 16.3. The van der Waals surface area contributed by atoms with E-state index in [1.807, 2.05) is 12.1 Å². The van der Waals surface area contributed by atoms with Crippen molar-refractivity contribution in [1.82, 2.24) is 4.98 Å². The molecular weight excluding hydrogens is 236 g/mol. The molecule has 0 saturated heterocycles. The first-order valence-corrected chi connectivity index (χ1v) is 6.93. The molecule has 0 bridgehead atoms. The maximum absolute atomic E-state index is 9.43. The zero-order valence-corrected chi connectivity index (χ0v) is 12.4. The van der Waals surface area contributed by atoms with Crippen LogP contribution in [0, 0.1) is 0 Å². The molecule has 1 aromatic rings. The van der Waals surface area contributed by atoms with Crippen LogP contribution in [0.25, 0.3) is 0 Å². The van der Waals surface area contributed by atoms with Crippen LogP contribution >= 0.6 is 0 Å². The predicted octanol–water partition coefficient (Wildman–Crippen LogP) is 3.03. The van der Waals surface area contributed by atoms with Crippen LogP contribution < -0.4 is 4.90 Å². The van der Waals surface area contributed by atoms with Gasteiger partial charge in [-0.15, -0.1) is 0 Å². The number of aromatic nitrogens is 1. The predicted molar refractivity (Wildman–Crippen MR) is 79.4 cm³/mol. The SMILES string of the molecule is CC1=CCN(c2cc(CO)cc(C(C)(C)C)n2)CC1. The van der Waals surface area contributed by atoms with Gasteiger partial charge in [-0.3, -0.25) is 0 Å². The Kier molecular flexibility index (Phi) is 3.95. The Balaban J connectivity index is 2.35. The van der Waals surface area contributed by atoms with Gasteiger partial charge in [-0.2, -0.15) is 0 Å². The van der Waals surface area contributed by atoms with Crippen LogP contribution in [0.15, 0.2) is 23.8 Å². The third-order valence-electron chi connectivity index (χ3n) is 3.58. The lowest BCUT2D eigenvalue weighted by Crippen LogP contribution is -2.30. The molecule has 2 heterocycles. The van der Waals surface area contributed by atoms with Gasteiger partial charge in [0.15, 0.2) is 0 Å². The average Bonchev–Trinajstić information content (AvgIpc) is 2.38. The normalized spacial score (nSPS) is 16.5. The molecule has 0 radical (unpaired) electrons. The van der Waals surface area contributed by atoms with Gasteiger partial charge in [0, 0.05) is 24.2 Å². The molecule has 0 unspecified atom stereocenters. The fourth-order valence-corrected chi connectivity index (χ4v) is 2.19. The molecule has 0 atom stereocenters. The number of aliphatic hydroxyl groups excluding tert-OH is 1. The van der Waals surface area contributed by atoms with E-state index in [9.17, 15) is 5.11 Å². The Morgan fingerprint density at radius 3 is 2.58 bits per heavy atom. The van der Waals surface area contributed by atoms with Gasteiger partial charge < -0.3 is 10.0 Å². The van der Waals surface area contributed by atoms with Crippen molar-refractivity contribution >= 4 is 5.82 Å². The second-order valence-corrected chi connectivity index (χ2v) is 6.37. The van der Waals surface area contributed by atoms with Crippen molar-refractivity contribution in [2.45, 2.75) is 46.1 Å². The molecule has 0 saturated carbocycles. The molecule has 1 N–H and O–H groups in total. The number of nitrogens with zero attached hydrogens (tertiary/aromatic N) is 2. The number of rotatable bonds is 2. The van der Waals surface area contributed by atoms with Crippen molar-refractivity contribution in [3.8, 4) is 0 Å². The van der Waals surface area contributed by atoms with Crippen molar-refractivity contribution in [2.24, 2.45) is 0 Å². The molecule has 3 nitrogen and oxygen atoms in total. The van der Waals surface area contributed by atoms with E-state index in [1.165, 1.54) is 5.57 Å². The van der Waals surface area contributed by atoms with Gasteiger partial charge in [-0.1, -0.05) is 32.4 Å². The zero-order chi connectivity index (χ0) is 14.0. The molecule has 0 amide bonds. The number of hydrogen-bond donors (Lipinski definition) is 1. The molecule has 3 heteroatoms. The van der Waals surface area contributed by atoms with Crippen molar-refractivity contribution in [1.29, 1.82) is 0 Å². The molecule has 2 rings (SSSR count). The second kappa shape index (κ2) is 5.33. The van der Waals surface area contributed by atoms with E-state index in [0.717, 1.165) is 36.6 Å². The average molecular weight is 260 g/mol. The van der Waals surface area contributed by atoms with Crippen LogP contribution in [0.3, 0.4) is 0 Å². The first-order chi connectivity index (χ1) is 8.90. The number of hydrogen-bond acceptors (Lipinski definition) is 3. The number of pyridine rings is 1. The lowest BCUT2D eigenvalue weighted by molar-refractivity contribution is 0.281. The quantitative estimate of drug-likeness (QED) is 0.830. The third-order valence-corrected chi connectivity index (χ3v) is 3.58. The van der Waals surface area contributed by atoms with Gasteiger partial charge in [0.2, 0.25) is 0 Å². The second-order valence-electron chi connectivity index (χ2n) is 6.37. The zero-order valence-electron chi connectivity index (χ0n) is 12.4. The minimum atomic E-state index is 0.00146. The third kappa shape index (κ3) is 3.35. The minimum Gasteiger partial charge on any atom is -0.392 e. The van der Waals surface area contributed by atoms with Crippen LogP contribution in [0.5, 0.6) is 0 Å². The lowest BCUT2D eigenvalue weighted by atomic mass is 9.90. The Labute approximate surface area is 116 Å². The van der Waals surface area contributed by atoms with Crippen LogP contribution in [0.1, 0.15) is 45.4 Å². The van der Waals surface area contributed by atoms with E-state index < -0.39 is 0 Å². The summed E-state index contributed by atoms with van der Waals surface area (Å²) in [6.07, 6.45) is 3.35. The summed E-state index contributed by atoms with van der Waals surface area (Å²) in [4.78, 5) is 7.07. The summed E-state index contributed by atoms with van der Waals surface area (Å²) in [5, 5.41) is 9.43. The van der Waals surface area contributed by atoms with E-state index in [1.54, 1.807) is 0 Å². The molecule has 0 spiro atoms. The molecule has 1 aliphatic rings. The molecular formula is C16H24N2O. The van der Waals surface area contributed by atoms with E-state index in [4.69, 9.17) is 4.98 Å². The summed E-state index contributed by atoms with van der Waals surface area (Å²) in [7, 11) is 0. The van der Waals surface area contributed by atoms with Gasteiger partial charge >= 0.3 is 0 Å². The summed E-state index contributed by atoms with van der Waals surface area (Å²) in [5.41, 5.74) is 3.44. The standard InChI is InChI=1S/C16H24N2O/c1-12-5-7-18(8-6-12)15-10-13(11-19)9-14(17-15)16(2,3)4/h5,9-10,19H,6-8,11H2,1-4H3. The topological polar surface area (TPSA) is 36.4 Å². The molecule has 19 heavy (non-hydrogen) atoms. The van der Waals surface area contributed by atoms with Crippen LogP contribution in [-0.4, -0.2) is 23.2 Å². The minimum absolute atomic E-state index is 0.00146. The maximum Gasteiger partial charge on any atom is 0.129 e. The van der Waals surface area contributed by atoms with E-state index in [2.05, 4.69) is 38.7 Å². The molecule has 0 aliphatic carbocycles. The smallest absolute Gasteiger partial charge is 0.129 e. The largest absolute Gasteiger partial charge is 0.392 e. The summed E-state index contributed by atoms with van der Waals surface area (Å²) in [6, 6.07) is 4.01. The van der Waals surface area contributed by atoms with Gasteiger partial charge in [0.1, 0.15) is 5.82 Å². The van der Waals surface area contributed by atoms with Crippen LogP contribution in [0.4, 0.5) is 5.82 Å². The van der Waals surface area contributed by atoms with Gasteiger partial charge in [-0.05, 0) is 31.0 Å². The Hall–Kier alpha value is -1.35. The first kappa shape index (κ1) is 14.1. The summed E-state index contributed by atoms with van der Waals surface area (Å²) in [5.74, 6) is 0.986. The highest BCUT2D eigenvalue weighted by molar-refractivity contribution is 5.45. The van der Waals surface area contributed by atoms with Gasteiger partial charge in [0.25, 0.3) is 0 Å². The van der Waals surface area contributed by atoms with E-state index in [0.29, 0.717) is 0 Å². The summed E-state index contributed by atoms with van der Waals surface area (Å²) < 4.78 is 0. The van der Waals surface area contributed by atoms with E-state index in [-0.39, 0.29) is 12.0 Å². The number of anilines is 1. The van der Waals surface area contributed by atoms with Crippen molar-refractivity contribution in [3.63, 3.8) is 0 Å². The summed E-state index contributed by atoms with van der Waals surface area (Å²) in [6.45, 7) is 10.6. The Bertz CT molecular complexity index is 486. The molecule has 1 aliphatic heterocycles. The number of aliphatic hydroxyl groups is 1. The van der Waals surface area contributed by atoms with Crippen LogP contribution in [0.2, 0.25) is 0 Å². The van der Waals surface area contributed by atoms with Gasteiger partial charge in [-0.25, -0.2) is 4.98 Å². The fraction of sp³-hybridized carbons (Fsp3) is 0.562. The van der Waals surface area contributed by atoms with E-state index >= 15 is 0 Å². The first-order valence-electron chi connectivity index (χ1n) is 6.93. The highest BCUT2D eigenvalue weighted by Crippen LogP contribution is 2.26. The summed E-state index contributed by atoms with van der Waals surface area (Å²) >= 11 is 0. The van der Waals surface area contributed by atoms with Crippen LogP contribution in [-0.2, 0) is 12.0 Å².